The molecule has 0 aromatic rings. The molecule has 0 aliphatic heterocycles. The minimum Gasteiger partial charge on any atom is -0.0588 e. The van der Waals surface area contributed by atoms with E-state index in [4.69, 9.17) is 0 Å². The summed E-state index contributed by atoms with van der Waals surface area (Å²) in [7, 11) is 0. The lowest BCUT2D eigenvalue weighted by Gasteiger charge is -2.95. The summed E-state index contributed by atoms with van der Waals surface area (Å²) in [4.78, 5) is 0. The molecule has 4 aliphatic carbocycles. The fourth-order valence-electron chi connectivity index (χ4n) is 9.17. The van der Waals surface area contributed by atoms with Crippen molar-refractivity contribution >= 4 is 0 Å². The van der Waals surface area contributed by atoms with Gasteiger partial charge in [0.05, 0.1) is 0 Å². The molecule has 0 N–H and O–H groups in total. The standard InChI is InChI=1S/C22H40/c1-15(2)16(3,4)20(10)14-13-19(15,9)21(11)17(5,6)18(7,8)22(20,21)12/h13-14H2,1-12H3. The molecule has 0 heterocycles. The highest BCUT2D eigenvalue weighted by molar-refractivity contribution is 5.39. The highest BCUT2D eigenvalue weighted by atomic mass is 15.0. The van der Waals surface area contributed by atoms with E-state index in [0.717, 1.165) is 0 Å². The van der Waals surface area contributed by atoms with Crippen LogP contribution in [-0.4, -0.2) is 0 Å². The van der Waals surface area contributed by atoms with Crippen LogP contribution in [0.25, 0.3) is 0 Å². The van der Waals surface area contributed by atoms with E-state index in [2.05, 4.69) is 83.1 Å². The van der Waals surface area contributed by atoms with Gasteiger partial charge in [-0.2, -0.15) is 0 Å². The van der Waals surface area contributed by atoms with Crippen LogP contribution in [0.1, 0.15) is 95.9 Å². The van der Waals surface area contributed by atoms with Crippen LogP contribution in [0.4, 0.5) is 0 Å². The second-order valence-corrected chi connectivity index (χ2v) is 11.9. The zero-order valence-corrected chi connectivity index (χ0v) is 17.4. The fourth-order valence-corrected chi connectivity index (χ4v) is 9.17. The predicted octanol–water partition coefficient (Wildman–Crippen LogP) is 6.94. The summed E-state index contributed by atoms with van der Waals surface area (Å²) in [6, 6.07) is 0. The van der Waals surface area contributed by atoms with Crippen molar-refractivity contribution in [2.24, 2.45) is 43.3 Å². The van der Waals surface area contributed by atoms with Crippen LogP contribution in [0.15, 0.2) is 0 Å². The summed E-state index contributed by atoms with van der Waals surface area (Å²) in [5, 5.41) is 0. The molecule has 2 bridgehead atoms. The van der Waals surface area contributed by atoms with Gasteiger partial charge in [-0.3, -0.25) is 0 Å². The van der Waals surface area contributed by atoms with Crippen LogP contribution >= 0.6 is 0 Å². The average molecular weight is 305 g/mol. The number of fused-ring (bicyclic) bond motifs is 2. The zero-order valence-electron chi connectivity index (χ0n) is 17.4. The Morgan fingerprint density at radius 2 is 0.591 bits per heavy atom. The maximum absolute atomic E-state index is 2.66. The van der Waals surface area contributed by atoms with E-state index in [0.29, 0.717) is 43.3 Å². The lowest BCUT2D eigenvalue weighted by atomic mass is 9.08. The van der Waals surface area contributed by atoms with Crippen molar-refractivity contribution in [3.63, 3.8) is 0 Å². The molecule has 4 unspecified atom stereocenters. The summed E-state index contributed by atoms with van der Waals surface area (Å²) in [6.07, 6.45) is 2.79. The van der Waals surface area contributed by atoms with Crippen LogP contribution < -0.4 is 0 Å². The largest absolute Gasteiger partial charge is 0.0588 e. The molecule has 128 valence electrons. The Morgan fingerprint density at radius 1 is 0.364 bits per heavy atom. The average Bonchev–Trinajstić information content (AvgIpc) is 2.37. The quantitative estimate of drug-likeness (QED) is 0.455. The fraction of sp³-hybridized carbons (Fsp3) is 1.00. The minimum absolute atomic E-state index is 0.356. The number of hydrogen-bond acceptors (Lipinski definition) is 0. The van der Waals surface area contributed by atoms with E-state index < -0.39 is 0 Å². The van der Waals surface area contributed by atoms with Gasteiger partial charge in [0.25, 0.3) is 0 Å². The van der Waals surface area contributed by atoms with Crippen LogP contribution in [0.3, 0.4) is 0 Å². The van der Waals surface area contributed by atoms with E-state index in [-0.39, 0.29) is 0 Å². The Bertz CT molecular complexity index is 498. The van der Waals surface area contributed by atoms with Crippen molar-refractivity contribution in [1.82, 2.24) is 0 Å². The topological polar surface area (TPSA) is 0 Å². The first-order valence-electron chi connectivity index (χ1n) is 9.46. The minimum atomic E-state index is 0.356. The van der Waals surface area contributed by atoms with Gasteiger partial charge in [-0.05, 0) is 56.2 Å². The van der Waals surface area contributed by atoms with Crippen molar-refractivity contribution in [2.75, 3.05) is 0 Å². The van der Waals surface area contributed by atoms with E-state index in [1.807, 2.05) is 0 Å². The molecule has 0 aromatic heterocycles. The van der Waals surface area contributed by atoms with E-state index in [1.54, 1.807) is 0 Å². The van der Waals surface area contributed by atoms with Crippen molar-refractivity contribution in [3.8, 4) is 0 Å². The summed E-state index contributed by atoms with van der Waals surface area (Å²) < 4.78 is 0. The monoisotopic (exact) mass is 304 g/mol. The molecule has 0 amide bonds. The van der Waals surface area contributed by atoms with Crippen molar-refractivity contribution in [3.05, 3.63) is 0 Å². The Kier molecular flexibility index (Phi) is 2.57. The molecular formula is C22H40. The third-order valence-corrected chi connectivity index (χ3v) is 12.7. The summed E-state index contributed by atoms with van der Waals surface area (Å²) in [5.74, 6) is 0. The molecule has 4 fully saturated rings. The van der Waals surface area contributed by atoms with Crippen molar-refractivity contribution in [1.29, 1.82) is 0 Å². The summed E-state index contributed by atoms with van der Waals surface area (Å²) in [6.45, 7) is 31.2. The molecule has 0 heteroatoms. The first-order chi connectivity index (χ1) is 9.46. The first-order valence-corrected chi connectivity index (χ1v) is 9.46. The molecule has 4 aliphatic rings. The third-order valence-electron chi connectivity index (χ3n) is 12.7. The second-order valence-electron chi connectivity index (χ2n) is 11.9. The van der Waals surface area contributed by atoms with E-state index in [1.165, 1.54) is 12.8 Å². The molecule has 0 saturated heterocycles. The Morgan fingerprint density at radius 3 is 0.818 bits per heavy atom. The number of rotatable bonds is 0. The predicted molar refractivity (Wildman–Crippen MR) is 96.8 cm³/mol. The van der Waals surface area contributed by atoms with Crippen LogP contribution in [0.2, 0.25) is 0 Å². The van der Waals surface area contributed by atoms with Gasteiger partial charge in [-0.15, -0.1) is 0 Å². The van der Waals surface area contributed by atoms with Gasteiger partial charge in [0.15, 0.2) is 0 Å². The lowest BCUT2D eigenvalue weighted by Crippen LogP contribution is -2.90. The van der Waals surface area contributed by atoms with E-state index >= 15 is 0 Å². The molecular weight excluding hydrogens is 264 g/mol. The van der Waals surface area contributed by atoms with Gasteiger partial charge in [0.1, 0.15) is 0 Å². The summed E-state index contributed by atoms with van der Waals surface area (Å²) >= 11 is 0. The lowest BCUT2D eigenvalue weighted by molar-refractivity contribution is -0.483. The molecule has 22 heavy (non-hydrogen) atoms. The number of hydrogen-bond donors (Lipinski definition) is 0. The summed E-state index contributed by atoms with van der Waals surface area (Å²) in [5.41, 5.74) is 3.04. The normalized spacial score (nSPS) is 56.2. The van der Waals surface area contributed by atoms with Crippen LogP contribution in [0, 0.1) is 43.3 Å². The second kappa shape index (κ2) is 3.36. The van der Waals surface area contributed by atoms with Gasteiger partial charge in [-0.25, -0.2) is 0 Å². The maximum Gasteiger partial charge on any atom is -0.0146 e. The van der Waals surface area contributed by atoms with Crippen LogP contribution in [0.5, 0.6) is 0 Å². The molecule has 4 rings (SSSR count). The van der Waals surface area contributed by atoms with Gasteiger partial charge >= 0.3 is 0 Å². The SMILES string of the molecule is CC1(C)C(C)(C)C2(C)CCC1(C)C1(C)C(C)(C)C(C)(C)C21C. The van der Waals surface area contributed by atoms with Crippen LogP contribution in [-0.2, 0) is 0 Å². The third kappa shape index (κ3) is 0.932. The van der Waals surface area contributed by atoms with E-state index in [9.17, 15) is 0 Å². The maximum atomic E-state index is 2.66. The molecule has 0 nitrogen and oxygen atoms in total. The molecule has 4 saturated carbocycles. The Labute approximate surface area is 139 Å². The highest BCUT2D eigenvalue weighted by Gasteiger charge is 2.92. The Balaban J connectivity index is 2.44. The van der Waals surface area contributed by atoms with Gasteiger partial charge in [-0.1, -0.05) is 83.1 Å². The molecule has 4 atom stereocenters. The van der Waals surface area contributed by atoms with Crippen molar-refractivity contribution in [2.45, 2.75) is 95.9 Å². The highest BCUT2D eigenvalue weighted by Crippen LogP contribution is 2.97. The van der Waals surface area contributed by atoms with Gasteiger partial charge < -0.3 is 0 Å². The first kappa shape index (κ1) is 16.8. The smallest absolute Gasteiger partial charge is 0.0146 e. The van der Waals surface area contributed by atoms with Gasteiger partial charge in [0, 0.05) is 0 Å². The molecule has 0 spiro atoms. The zero-order chi connectivity index (χ0) is 17.4. The van der Waals surface area contributed by atoms with Gasteiger partial charge in [0.2, 0.25) is 0 Å². The molecule has 0 radical (unpaired) electrons. The molecule has 0 aromatic carbocycles. The van der Waals surface area contributed by atoms with Crippen molar-refractivity contribution < 1.29 is 0 Å². The Hall–Kier alpha value is 0.